The Bertz CT molecular complexity index is 1280. The molecular formula is C27H26ClN3O3. The molecule has 2 aromatic heterocycles. The number of esters is 1. The highest BCUT2D eigenvalue weighted by Gasteiger charge is 2.22. The van der Waals surface area contributed by atoms with Crippen molar-refractivity contribution in [2.24, 2.45) is 0 Å². The van der Waals surface area contributed by atoms with Crippen LogP contribution in [-0.2, 0) is 4.79 Å². The Morgan fingerprint density at radius 3 is 2.59 bits per heavy atom. The number of carbonyl (C=O) groups excluding carboxylic acids is 1. The Balaban J connectivity index is 1.41. The summed E-state index contributed by atoms with van der Waals surface area (Å²) in [6.45, 7) is -0.214. The molecule has 1 aliphatic rings. The zero-order valence-corrected chi connectivity index (χ0v) is 19.5. The van der Waals surface area contributed by atoms with Gasteiger partial charge in [-0.2, -0.15) is 0 Å². The zero-order valence-electron chi connectivity index (χ0n) is 18.7. The van der Waals surface area contributed by atoms with Gasteiger partial charge in [-0.05, 0) is 61.4 Å². The number of para-hydroxylation sites is 1. The van der Waals surface area contributed by atoms with Gasteiger partial charge in [0.2, 0.25) is 0 Å². The lowest BCUT2D eigenvalue weighted by atomic mass is 9.95. The lowest BCUT2D eigenvalue weighted by Crippen LogP contribution is -2.23. The van der Waals surface area contributed by atoms with Crippen LogP contribution in [0.25, 0.3) is 16.9 Å². The molecular weight excluding hydrogens is 450 g/mol. The number of anilines is 1. The van der Waals surface area contributed by atoms with Gasteiger partial charge in [-0.3, -0.25) is 4.40 Å². The molecule has 0 atom stereocenters. The normalized spacial score (nSPS) is 14.1. The first kappa shape index (κ1) is 22.3. The highest BCUT2D eigenvalue weighted by molar-refractivity contribution is 6.30. The number of rotatable bonds is 7. The van der Waals surface area contributed by atoms with Gasteiger partial charge in [-0.25, -0.2) is 9.78 Å². The van der Waals surface area contributed by atoms with Crippen LogP contribution in [0.3, 0.4) is 0 Å². The third-order valence-corrected chi connectivity index (χ3v) is 6.26. The highest BCUT2D eigenvalue weighted by atomic mass is 35.5. The second-order valence-electron chi connectivity index (χ2n) is 8.43. The molecule has 34 heavy (non-hydrogen) atoms. The zero-order chi connectivity index (χ0) is 23.3. The Morgan fingerprint density at radius 2 is 1.76 bits per heavy atom. The van der Waals surface area contributed by atoms with Crippen molar-refractivity contribution in [3.05, 3.63) is 77.9 Å². The highest BCUT2D eigenvalue weighted by Crippen LogP contribution is 2.36. The van der Waals surface area contributed by atoms with Crippen LogP contribution in [0.15, 0.2) is 72.9 Å². The van der Waals surface area contributed by atoms with E-state index in [0.29, 0.717) is 22.6 Å². The van der Waals surface area contributed by atoms with Crippen LogP contribution < -0.4 is 14.8 Å². The van der Waals surface area contributed by atoms with Crippen molar-refractivity contribution in [3.63, 3.8) is 0 Å². The number of hydrogen-bond acceptors (Lipinski definition) is 5. The monoisotopic (exact) mass is 475 g/mol. The van der Waals surface area contributed by atoms with Gasteiger partial charge < -0.3 is 14.8 Å². The third kappa shape index (κ3) is 5.02. The molecule has 1 saturated carbocycles. The number of nitrogens with one attached hydrogen (secondary N) is 1. The number of fused-ring (bicyclic) bond motifs is 1. The van der Waals surface area contributed by atoms with Gasteiger partial charge in [0, 0.05) is 22.8 Å². The summed E-state index contributed by atoms with van der Waals surface area (Å²) in [7, 11) is 0. The molecule has 6 nitrogen and oxygen atoms in total. The number of pyridine rings is 1. The predicted octanol–water partition coefficient (Wildman–Crippen LogP) is 6.38. The molecule has 1 N–H and O–H groups in total. The number of nitrogens with zero attached hydrogens (tertiary/aromatic N) is 2. The molecule has 5 rings (SSSR count). The molecule has 4 aromatic rings. The van der Waals surface area contributed by atoms with Gasteiger partial charge in [0.1, 0.15) is 28.7 Å². The second-order valence-corrected chi connectivity index (χ2v) is 8.87. The maximum Gasteiger partial charge on any atom is 0.349 e. The van der Waals surface area contributed by atoms with E-state index >= 15 is 0 Å². The fourth-order valence-corrected chi connectivity index (χ4v) is 4.46. The van der Waals surface area contributed by atoms with E-state index in [1.54, 1.807) is 30.3 Å². The van der Waals surface area contributed by atoms with E-state index in [9.17, 15) is 4.79 Å². The smallest absolute Gasteiger partial charge is 0.349 e. The van der Waals surface area contributed by atoms with Crippen molar-refractivity contribution in [2.45, 2.75) is 38.1 Å². The van der Waals surface area contributed by atoms with Crippen molar-refractivity contribution in [2.75, 3.05) is 11.9 Å². The van der Waals surface area contributed by atoms with Crippen molar-refractivity contribution in [1.29, 1.82) is 0 Å². The molecule has 1 fully saturated rings. The number of aromatic nitrogens is 2. The van der Waals surface area contributed by atoms with E-state index in [2.05, 4.69) is 9.72 Å². The van der Waals surface area contributed by atoms with Gasteiger partial charge in [0.25, 0.3) is 0 Å². The Kier molecular flexibility index (Phi) is 6.67. The summed E-state index contributed by atoms with van der Waals surface area (Å²) in [5.74, 6) is 1.42. The van der Waals surface area contributed by atoms with Crippen molar-refractivity contribution in [1.82, 2.24) is 9.38 Å². The molecule has 0 spiro atoms. The minimum atomic E-state index is -0.493. The second kappa shape index (κ2) is 10.2. The van der Waals surface area contributed by atoms with Crippen LogP contribution in [0.2, 0.25) is 5.02 Å². The quantitative estimate of drug-likeness (QED) is 0.248. The standard InChI is InChI=1S/C27H26ClN3O3/c28-19-13-15-21(16-14-19)33-18-25(32)34-23-11-5-4-10-22(23)26-27(29-20-8-2-1-3-9-20)31-17-7-6-12-24(31)30-26/h4-7,10-17,20,29H,1-3,8-9,18H2. The van der Waals surface area contributed by atoms with Crippen LogP contribution in [0.1, 0.15) is 32.1 Å². The Morgan fingerprint density at radius 1 is 1.00 bits per heavy atom. The van der Waals surface area contributed by atoms with E-state index < -0.39 is 5.97 Å². The summed E-state index contributed by atoms with van der Waals surface area (Å²) in [6, 6.07) is 20.7. The van der Waals surface area contributed by atoms with Gasteiger partial charge in [0.05, 0.1) is 0 Å². The summed E-state index contributed by atoms with van der Waals surface area (Å²) < 4.78 is 13.3. The minimum Gasteiger partial charge on any atom is -0.482 e. The first-order chi connectivity index (χ1) is 16.7. The summed E-state index contributed by atoms with van der Waals surface area (Å²) in [4.78, 5) is 17.5. The average Bonchev–Trinajstić information content (AvgIpc) is 3.23. The summed E-state index contributed by atoms with van der Waals surface area (Å²) in [6.07, 6.45) is 8.02. The maximum absolute atomic E-state index is 12.6. The largest absolute Gasteiger partial charge is 0.482 e. The number of benzene rings is 2. The first-order valence-corrected chi connectivity index (χ1v) is 12.0. The fraction of sp³-hybridized carbons (Fsp3) is 0.259. The fourth-order valence-electron chi connectivity index (χ4n) is 4.34. The van der Waals surface area contributed by atoms with Crippen LogP contribution in [-0.4, -0.2) is 28.0 Å². The van der Waals surface area contributed by atoms with Crippen molar-refractivity contribution < 1.29 is 14.3 Å². The van der Waals surface area contributed by atoms with E-state index in [4.69, 9.17) is 26.1 Å². The number of imidazole rings is 1. The van der Waals surface area contributed by atoms with Crippen molar-refractivity contribution >= 4 is 29.0 Å². The predicted molar refractivity (Wildman–Crippen MR) is 134 cm³/mol. The molecule has 2 heterocycles. The summed E-state index contributed by atoms with van der Waals surface area (Å²) in [5.41, 5.74) is 2.35. The molecule has 0 radical (unpaired) electrons. The van der Waals surface area contributed by atoms with E-state index in [1.807, 2.05) is 42.6 Å². The first-order valence-electron chi connectivity index (χ1n) is 11.6. The summed E-state index contributed by atoms with van der Waals surface area (Å²) in [5, 5.41) is 4.33. The number of halogens is 1. The Labute approximate surface area is 203 Å². The van der Waals surface area contributed by atoms with Crippen LogP contribution in [0.4, 0.5) is 5.82 Å². The van der Waals surface area contributed by atoms with E-state index in [1.165, 1.54) is 19.3 Å². The molecule has 0 saturated heterocycles. The topological polar surface area (TPSA) is 64.9 Å². The van der Waals surface area contributed by atoms with Crippen molar-refractivity contribution in [3.8, 4) is 22.8 Å². The SMILES string of the molecule is O=C(COc1ccc(Cl)cc1)Oc1ccccc1-c1nc2ccccn2c1NC1CCCCC1. The van der Waals surface area contributed by atoms with E-state index in [0.717, 1.165) is 35.6 Å². The van der Waals surface area contributed by atoms with E-state index in [-0.39, 0.29) is 6.61 Å². The number of carbonyl (C=O) groups is 1. The van der Waals surface area contributed by atoms with Crippen LogP contribution in [0, 0.1) is 0 Å². The molecule has 0 bridgehead atoms. The van der Waals surface area contributed by atoms with Crippen LogP contribution >= 0.6 is 11.6 Å². The van der Waals surface area contributed by atoms with Crippen LogP contribution in [0.5, 0.6) is 11.5 Å². The molecule has 0 unspecified atom stereocenters. The lowest BCUT2D eigenvalue weighted by molar-refractivity contribution is -0.136. The van der Waals surface area contributed by atoms with Gasteiger partial charge in [0.15, 0.2) is 6.61 Å². The molecule has 0 aliphatic heterocycles. The lowest BCUT2D eigenvalue weighted by Gasteiger charge is -2.24. The number of ether oxygens (including phenoxy) is 2. The molecule has 1 aliphatic carbocycles. The maximum atomic E-state index is 12.6. The number of hydrogen-bond donors (Lipinski definition) is 1. The average molecular weight is 476 g/mol. The molecule has 174 valence electrons. The van der Waals surface area contributed by atoms with Gasteiger partial charge in [-0.1, -0.05) is 49.1 Å². The molecule has 7 heteroatoms. The van der Waals surface area contributed by atoms with Gasteiger partial charge in [-0.15, -0.1) is 0 Å². The molecule has 0 amide bonds. The third-order valence-electron chi connectivity index (χ3n) is 6.01. The molecule has 2 aromatic carbocycles. The summed E-state index contributed by atoms with van der Waals surface area (Å²) >= 11 is 5.90. The van der Waals surface area contributed by atoms with Gasteiger partial charge >= 0.3 is 5.97 Å². The minimum absolute atomic E-state index is 0.214. The Hall–Kier alpha value is -3.51.